The van der Waals surface area contributed by atoms with Crippen LogP contribution < -0.4 is 11.2 Å². The van der Waals surface area contributed by atoms with Gasteiger partial charge < -0.3 is 14.6 Å². The normalized spacial score (nSPS) is 22.6. The number of carbonyl (C=O) groups excluding carboxylic acids is 1. The lowest BCUT2D eigenvalue weighted by Gasteiger charge is -2.21. The number of hydrogen-bond donors (Lipinski definition) is 3. The Morgan fingerprint density at radius 1 is 1.36 bits per heavy atom. The SMILES string of the molecule is O=C(O[C@@H]1C[C@@H](CO)O[C@H]1n1ccc(NO)nc1=O)c1ccccc1. The van der Waals surface area contributed by atoms with Crippen LogP contribution in [0.4, 0.5) is 5.82 Å². The van der Waals surface area contributed by atoms with Crippen molar-refractivity contribution in [3.05, 3.63) is 58.6 Å². The van der Waals surface area contributed by atoms with Crippen LogP contribution in [0, 0.1) is 0 Å². The van der Waals surface area contributed by atoms with Gasteiger partial charge in [0.2, 0.25) is 0 Å². The van der Waals surface area contributed by atoms with E-state index in [0.29, 0.717) is 5.56 Å². The second kappa shape index (κ2) is 7.43. The van der Waals surface area contributed by atoms with Crippen molar-refractivity contribution in [3.63, 3.8) is 0 Å². The number of benzene rings is 1. The third kappa shape index (κ3) is 3.68. The van der Waals surface area contributed by atoms with Crippen LogP contribution in [0.15, 0.2) is 47.4 Å². The van der Waals surface area contributed by atoms with Crippen LogP contribution in [-0.4, -0.2) is 44.6 Å². The minimum Gasteiger partial charge on any atom is -0.454 e. The predicted octanol–water partition coefficient (Wildman–Crippen LogP) is 0.550. The van der Waals surface area contributed by atoms with Gasteiger partial charge in [-0.2, -0.15) is 4.98 Å². The van der Waals surface area contributed by atoms with Gasteiger partial charge in [0.05, 0.1) is 18.3 Å². The molecule has 25 heavy (non-hydrogen) atoms. The Morgan fingerprint density at radius 3 is 2.76 bits per heavy atom. The largest absolute Gasteiger partial charge is 0.454 e. The molecule has 1 aromatic heterocycles. The van der Waals surface area contributed by atoms with Crippen molar-refractivity contribution in [1.82, 2.24) is 9.55 Å². The summed E-state index contributed by atoms with van der Waals surface area (Å²) in [6, 6.07) is 9.81. The van der Waals surface area contributed by atoms with Crippen molar-refractivity contribution in [1.29, 1.82) is 0 Å². The Bertz CT molecular complexity index is 794. The molecule has 1 aromatic carbocycles. The molecule has 3 N–H and O–H groups in total. The third-order valence-corrected chi connectivity index (χ3v) is 3.84. The Hall–Kier alpha value is -2.75. The lowest BCUT2D eigenvalue weighted by molar-refractivity contribution is -0.0601. The molecule has 132 valence electrons. The maximum atomic E-state index is 12.3. The number of anilines is 1. The van der Waals surface area contributed by atoms with Gasteiger partial charge >= 0.3 is 11.7 Å². The predicted molar refractivity (Wildman–Crippen MR) is 85.2 cm³/mol. The highest BCUT2D eigenvalue weighted by molar-refractivity contribution is 5.89. The fourth-order valence-corrected chi connectivity index (χ4v) is 2.63. The van der Waals surface area contributed by atoms with Gasteiger partial charge in [0.1, 0.15) is 6.10 Å². The first kappa shape index (κ1) is 17.1. The molecule has 3 atom stereocenters. The first-order valence-corrected chi connectivity index (χ1v) is 7.64. The van der Waals surface area contributed by atoms with Crippen LogP contribution in [0.25, 0.3) is 0 Å². The van der Waals surface area contributed by atoms with Crippen molar-refractivity contribution in [2.24, 2.45) is 0 Å². The van der Waals surface area contributed by atoms with Gasteiger partial charge in [-0.25, -0.2) is 9.59 Å². The van der Waals surface area contributed by atoms with Crippen molar-refractivity contribution in [3.8, 4) is 0 Å². The molecule has 0 amide bonds. The highest BCUT2D eigenvalue weighted by atomic mass is 16.6. The van der Waals surface area contributed by atoms with E-state index in [1.54, 1.807) is 35.8 Å². The summed E-state index contributed by atoms with van der Waals surface area (Å²) in [6.07, 6.45) is -0.649. The molecule has 0 unspecified atom stereocenters. The van der Waals surface area contributed by atoms with E-state index < -0.39 is 30.1 Å². The minimum absolute atomic E-state index is 0.0178. The van der Waals surface area contributed by atoms with Crippen LogP contribution in [-0.2, 0) is 9.47 Å². The van der Waals surface area contributed by atoms with Crippen LogP contribution in [0.1, 0.15) is 23.0 Å². The van der Waals surface area contributed by atoms with Crippen molar-refractivity contribution in [2.45, 2.75) is 24.9 Å². The number of esters is 1. The molecule has 0 spiro atoms. The Labute approximate surface area is 142 Å². The van der Waals surface area contributed by atoms with Crippen molar-refractivity contribution >= 4 is 11.8 Å². The quantitative estimate of drug-likeness (QED) is 0.529. The highest BCUT2D eigenvalue weighted by Crippen LogP contribution is 2.31. The van der Waals surface area contributed by atoms with E-state index in [1.165, 1.54) is 12.3 Å². The first-order valence-electron chi connectivity index (χ1n) is 7.64. The number of hydrogen-bond acceptors (Lipinski definition) is 8. The molecule has 1 fully saturated rings. The van der Waals surface area contributed by atoms with Gasteiger partial charge in [-0.3, -0.25) is 15.3 Å². The smallest absolute Gasteiger partial charge is 0.351 e. The molecule has 0 radical (unpaired) electrons. The van der Waals surface area contributed by atoms with E-state index in [1.807, 2.05) is 0 Å². The number of aromatic nitrogens is 2. The summed E-state index contributed by atoms with van der Waals surface area (Å²) in [4.78, 5) is 28.0. The summed E-state index contributed by atoms with van der Waals surface area (Å²) in [6.45, 7) is -0.269. The number of aliphatic hydroxyl groups is 1. The molecule has 9 nitrogen and oxygen atoms in total. The number of nitrogens with one attached hydrogen (secondary N) is 1. The van der Waals surface area contributed by atoms with Gasteiger partial charge in [-0.05, 0) is 18.2 Å². The summed E-state index contributed by atoms with van der Waals surface area (Å²) >= 11 is 0. The molecule has 1 aliphatic rings. The fraction of sp³-hybridized carbons (Fsp3) is 0.312. The molecule has 3 rings (SSSR count). The lowest BCUT2D eigenvalue weighted by Crippen LogP contribution is -2.34. The van der Waals surface area contributed by atoms with Crippen molar-refractivity contribution in [2.75, 3.05) is 12.1 Å². The van der Waals surface area contributed by atoms with Crippen LogP contribution in [0.5, 0.6) is 0 Å². The summed E-state index contributed by atoms with van der Waals surface area (Å²) in [5.41, 5.74) is 1.46. The van der Waals surface area contributed by atoms with Gasteiger partial charge in [-0.1, -0.05) is 18.2 Å². The highest BCUT2D eigenvalue weighted by Gasteiger charge is 2.39. The number of carbonyl (C=O) groups is 1. The second-order valence-corrected chi connectivity index (χ2v) is 5.49. The minimum atomic E-state index is -0.919. The van der Waals surface area contributed by atoms with E-state index >= 15 is 0 Å². The van der Waals surface area contributed by atoms with Gasteiger partial charge in [0.15, 0.2) is 12.0 Å². The molecule has 1 aliphatic heterocycles. The van der Waals surface area contributed by atoms with E-state index in [4.69, 9.17) is 14.7 Å². The summed E-state index contributed by atoms with van der Waals surface area (Å²) < 4.78 is 12.2. The van der Waals surface area contributed by atoms with Crippen LogP contribution in [0.3, 0.4) is 0 Å². The zero-order valence-corrected chi connectivity index (χ0v) is 13.1. The molecule has 0 aliphatic carbocycles. The number of rotatable bonds is 5. The summed E-state index contributed by atoms with van der Waals surface area (Å²) in [5, 5.41) is 18.1. The molecular formula is C16H17N3O6. The fourth-order valence-electron chi connectivity index (χ4n) is 2.63. The molecule has 2 aromatic rings. The van der Waals surface area contributed by atoms with E-state index in [0.717, 1.165) is 4.57 Å². The van der Waals surface area contributed by atoms with Gasteiger partial charge in [-0.15, -0.1) is 0 Å². The molecule has 0 bridgehead atoms. The molecular weight excluding hydrogens is 330 g/mol. The maximum absolute atomic E-state index is 12.3. The Balaban J connectivity index is 1.84. The average molecular weight is 347 g/mol. The van der Waals surface area contributed by atoms with E-state index in [9.17, 15) is 14.7 Å². The van der Waals surface area contributed by atoms with Gasteiger partial charge in [0.25, 0.3) is 0 Å². The maximum Gasteiger partial charge on any atom is 0.351 e. The van der Waals surface area contributed by atoms with Crippen LogP contribution in [0.2, 0.25) is 0 Å². The number of ether oxygens (including phenoxy) is 2. The van der Waals surface area contributed by atoms with Crippen LogP contribution >= 0.6 is 0 Å². The second-order valence-electron chi connectivity index (χ2n) is 5.49. The monoisotopic (exact) mass is 347 g/mol. The molecule has 0 saturated carbocycles. The standard InChI is InChI=1S/C16H17N3O6/c20-9-11-8-12(25-15(21)10-4-2-1-3-5-10)14(24-11)19-7-6-13(18-23)17-16(19)22/h1-7,11-12,14,20,23H,8-9H2,(H,17,18,22)/t11-,12+,14+/m0/s1. The van der Waals surface area contributed by atoms with Crippen molar-refractivity contribution < 1.29 is 24.6 Å². The Morgan fingerprint density at radius 2 is 2.12 bits per heavy atom. The Kier molecular flexibility index (Phi) is 5.08. The third-order valence-electron chi connectivity index (χ3n) is 3.84. The van der Waals surface area contributed by atoms with E-state index in [-0.39, 0.29) is 18.8 Å². The topological polar surface area (TPSA) is 123 Å². The average Bonchev–Trinajstić information content (AvgIpc) is 3.05. The summed E-state index contributed by atoms with van der Waals surface area (Å²) in [7, 11) is 0. The lowest BCUT2D eigenvalue weighted by atomic mass is 10.2. The molecule has 2 heterocycles. The first-order chi connectivity index (χ1) is 12.1. The molecule has 1 saturated heterocycles. The molecule has 9 heteroatoms. The van der Waals surface area contributed by atoms with E-state index in [2.05, 4.69) is 4.98 Å². The number of nitrogens with zero attached hydrogens (tertiary/aromatic N) is 2. The van der Waals surface area contributed by atoms with Gasteiger partial charge in [0, 0.05) is 12.6 Å². The zero-order valence-electron chi connectivity index (χ0n) is 13.1. The number of aliphatic hydroxyl groups excluding tert-OH is 1. The summed E-state index contributed by atoms with van der Waals surface area (Å²) in [5.74, 6) is -0.566. The zero-order chi connectivity index (χ0) is 17.8.